The van der Waals surface area contributed by atoms with Crippen LogP contribution >= 0.6 is 0 Å². The first-order valence-corrected chi connectivity index (χ1v) is 7.32. The molecule has 0 aliphatic carbocycles. The summed E-state index contributed by atoms with van der Waals surface area (Å²) >= 11 is 0. The van der Waals surface area contributed by atoms with Gasteiger partial charge >= 0.3 is 6.09 Å². The summed E-state index contributed by atoms with van der Waals surface area (Å²) in [6.07, 6.45) is 4.75. The molecule has 5 nitrogen and oxygen atoms in total. The number of hydrogen-bond donors (Lipinski definition) is 1. The van der Waals surface area contributed by atoms with Gasteiger partial charge in [-0.15, -0.1) is 0 Å². The zero-order valence-corrected chi connectivity index (χ0v) is 12.9. The minimum Gasteiger partial charge on any atom is -0.444 e. The van der Waals surface area contributed by atoms with E-state index < -0.39 is 5.60 Å². The molecule has 1 aromatic heterocycles. The van der Waals surface area contributed by atoms with E-state index in [-0.39, 0.29) is 6.09 Å². The number of H-pyrrole nitrogens is 1. The van der Waals surface area contributed by atoms with Crippen molar-refractivity contribution in [2.24, 2.45) is 5.92 Å². The van der Waals surface area contributed by atoms with E-state index in [0.29, 0.717) is 5.92 Å². The largest absolute Gasteiger partial charge is 0.444 e. The van der Waals surface area contributed by atoms with Crippen LogP contribution < -0.4 is 0 Å². The second-order valence-electron chi connectivity index (χ2n) is 6.65. The molecule has 2 rings (SSSR count). The molecule has 20 heavy (non-hydrogen) atoms. The van der Waals surface area contributed by atoms with Gasteiger partial charge in [0.25, 0.3) is 0 Å². The number of hydrogen-bond acceptors (Lipinski definition) is 3. The lowest BCUT2D eigenvalue weighted by Gasteiger charge is -2.33. The van der Waals surface area contributed by atoms with Gasteiger partial charge in [0, 0.05) is 18.8 Å². The second kappa shape index (κ2) is 5.85. The third kappa shape index (κ3) is 3.99. The van der Waals surface area contributed by atoms with Crippen LogP contribution in [-0.4, -0.2) is 39.9 Å². The Labute approximate surface area is 120 Å². The predicted molar refractivity (Wildman–Crippen MR) is 77.6 cm³/mol. The highest BCUT2D eigenvalue weighted by atomic mass is 16.6. The summed E-state index contributed by atoms with van der Waals surface area (Å²) in [6.45, 7) is 9.35. The van der Waals surface area contributed by atoms with Crippen LogP contribution in [0.3, 0.4) is 0 Å². The van der Waals surface area contributed by atoms with Crippen LogP contribution in [0.5, 0.6) is 0 Å². The first kappa shape index (κ1) is 14.9. The molecule has 0 bridgehead atoms. The van der Waals surface area contributed by atoms with Crippen LogP contribution in [0.25, 0.3) is 0 Å². The zero-order valence-electron chi connectivity index (χ0n) is 12.9. The average molecular weight is 279 g/mol. The molecule has 0 radical (unpaired) electrons. The van der Waals surface area contributed by atoms with Crippen molar-refractivity contribution in [1.82, 2.24) is 15.1 Å². The molecule has 1 N–H and O–H groups in total. The van der Waals surface area contributed by atoms with Crippen molar-refractivity contribution in [3.63, 3.8) is 0 Å². The SMILES string of the molecule is Cc1cn[nH]c1CC1CCN(C(=O)OC(C)(C)C)CC1. The maximum absolute atomic E-state index is 12.0. The highest BCUT2D eigenvalue weighted by Gasteiger charge is 2.27. The fourth-order valence-corrected chi connectivity index (χ4v) is 2.51. The fourth-order valence-electron chi connectivity index (χ4n) is 2.51. The number of nitrogens with zero attached hydrogens (tertiary/aromatic N) is 2. The Kier molecular flexibility index (Phi) is 4.35. The number of piperidine rings is 1. The maximum Gasteiger partial charge on any atom is 0.410 e. The van der Waals surface area contributed by atoms with Crippen molar-refractivity contribution in [1.29, 1.82) is 0 Å². The molecule has 0 aromatic carbocycles. The molecule has 1 saturated heterocycles. The lowest BCUT2D eigenvalue weighted by molar-refractivity contribution is 0.0184. The lowest BCUT2D eigenvalue weighted by Crippen LogP contribution is -2.42. The van der Waals surface area contributed by atoms with Crippen molar-refractivity contribution in [3.05, 3.63) is 17.5 Å². The van der Waals surface area contributed by atoms with Gasteiger partial charge in [-0.05, 0) is 58.4 Å². The van der Waals surface area contributed by atoms with E-state index in [1.165, 1.54) is 11.3 Å². The smallest absolute Gasteiger partial charge is 0.410 e. The van der Waals surface area contributed by atoms with Gasteiger partial charge in [-0.25, -0.2) is 4.79 Å². The van der Waals surface area contributed by atoms with Crippen molar-refractivity contribution in [3.8, 4) is 0 Å². The van der Waals surface area contributed by atoms with Gasteiger partial charge in [-0.3, -0.25) is 5.10 Å². The van der Waals surface area contributed by atoms with Crippen LogP contribution in [0.1, 0.15) is 44.9 Å². The minimum absolute atomic E-state index is 0.186. The topological polar surface area (TPSA) is 58.2 Å². The molecule has 0 atom stereocenters. The number of nitrogens with one attached hydrogen (secondary N) is 1. The van der Waals surface area contributed by atoms with Gasteiger partial charge < -0.3 is 9.64 Å². The van der Waals surface area contributed by atoms with Crippen molar-refractivity contribution in [2.45, 2.75) is 52.6 Å². The molecule has 0 spiro atoms. The van der Waals surface area contributed by atoms with Gasteiger partial charge in [0.2, 0.25) is 0 Å². The molecule has 1 amide bonds. The zero-order chi connectivity index (χ0) is 14.8. The number of amides is 1. The van der Waals surface area contributed by atoms with E-state index in [1.807, 2.05) is 31.9 Å². The molecule has 1 aromatic rings. The first-order chi connectivity index (χ1) is 9.35. The summed E-state index contributed by atoms with van der Waals surface area (Å²) in [5.74, 6) is 0.618. The monoisotopic (exact) mass is 279 g/mol. The van der Waals surface area contributed by atoms with E-state index in [9.17, 15) is 4.79 Å². The van der Waals surface area contributed by atoms with Gasteiger partial charge in [-0.1, -0.05) is 0 Å². The Morgan fingerprint density at radius 3 is 2.60 bits per heavy atom. The quantitative estimate of drug-likeness (QED) is 0.905. The van der Waals surface area contributed by atoms with Crippen LogP contribution in [0.15, 0.2) is 6.20 Å². The van der Waals surface area contributed by atoms with Crippen LogP contribution in [0.2, 0.25) is 0 Å². The molecular formula is C15H25N3O2. The summed E-state index contributed by atoms with van der Waals surface area (Å²) in [5.41, 5.74) is 2.03. The molecule has 112 valence electrons. The Morgan fingerprint density at radius 1 is 1.45 bits per heavy atom. The van der Waals surface area contributed by atoms with Crippen molar-refractivity contribution < 1.29 is 9.53 Å². The van der Waals surface area contributed by atoms with Crippen LogP contribution in [0.4, 0.5) is 4.79 Å². The fraction of sp³-hybridized carbons (Fsp3) is 0.733. The first-order valence-electron chi connectivity index (χ1n) is 7.32. The summed E-state index contributed by atoms with van der Waals surface area (Å²) in [6, 6.07) is 0. The Morgan fingerprint density at radius 2 is 2.10 bits per heavy atom. The molecule has 1 aliphatic heterocycles. The Bertz CT molecular complexity index is 454. The van der Waals surface area contributed by atoms with Gasteiger partial charge in [0.15, 0.2) is 0 Å². The third-order valence-corrected chi connectivity index (χ3v) is 3.69. The molecule has 1 fully saturated rings. The number of aromatic amines is 1. The highest BCUT2D eigenvalue weighted by Crippen LogP contribution is 2.23. The number of carbonyl (C=O) groups is 1. The van der Waals surface area contributed by atoms with E-state index in [1.54, 1.807) is 0 Å². The number of rotatable bonds is 2. The van der Waals surface area contributed by atoms with E-state index in [0.717, 1.165) is 32.4 Å². The summed E-state index contributed by atoms with van der Waals surface area (Å²) < 4.78 is 5.41. The maximum atomic E-state index is 12.0. The standard InChI is InChI=1S/C15H25N3O2/c1-11-10-16-17-13(11)9-12-5-7-18(8-6-12)14(19)20-15(2,3)4/h10,12H,5-9H2,1-4H3,(H,16,17). The molecule has 5 heteroatoms. The summed E-state index contributed by atoms with van der Waals surface area (Å²) in [4.78, 5) is 13.8. The van der Waals surface area contributed by atoms with Gasteiger partial charge in [0.1, 0.15) is 5.60 Å². The Balaban J connectivity index is 1.81. The van der Waals surface area contributed by atoms with Gasteiger partial charge in [0.05, 0.1) is 6.20 Å². The van der Waals surface area contributed by atoms with Gasteiger partial charge in [-0.2, -0.15) is 5.10 Å². The molecular weight excluding hydrogens is 254 g/mol. The second-order valence-corrected chi connectivity index (χ2v) is 6.65. The average Bonchev–Trinajstić information content (AvgIpc) is 2.74. The molecule has 0 saturated carbocycles. The van der Waals surface area contributed by atoms with E-state index in [4.69, 9.17) is 4.74 Å². The van der Waals surface area contributed by atoms with Crippen molar-refractivity contribution >= 4 is 6.09 Å². The number of likely N-dealkylation sites (tertiary alicyclic amines) is 1. The number of carbonyl (C=O) groups excluding carboxylic acids is 1. The van der Waals surface area contributed by atoms with E-state index >= 15 is 0 Å². The highest BCUT2D eigenvalue weighted by molar-refractivity contribution is 5.68. The normalized spacial score (nSPS) is 17.3. The van der Waals surface area contributed by atoms with E-state index in [2.05, 4.69) is 17.1 Å². The summed E-state index contributed by atoms with van der Waals surface area (Å²) in [7, 11) is 0. The lowest BCUT2D eigenvalue weighted by atomic mass is 9.91. The number of ether oxygens (including phenoxy) is 1. The van der Waals surface area contributed by atoms with Crippen molar-refractivity contribution in [2.75, 3.05) is 13.1 Å². The number of aryl methyl sites for hydroxylation is 1. The summed E-state index contributed by atoms with van der Waals surface area (Å²) in [5, 5.41) is 7.12. The molecule has 2 heterocycles. The molecule has 1 aliphatic rings. The minimum atomic E-state index is -0.416. The van der Waals surface area contributed by atoms with Crippen LogP contribution in [-0.2, 0) is 11.2 Å². The molecule has 0 unspecified atom stereocenters. The predicted octanol–water partition coefficient (Wildman–Crippen LogP) is 2.91. The number of aromatic nitrogens is 2. The van der Waals surface area contributed by atoms with Crippen LogP contribution in [0, 0.1) is 12.8 Å². The Hall–Kier alpha value is -1.52. The third-order valence-electron chi connectivity index (χ3n) is 3.69.